The number of ketones is 1. The zero-order chi connectivity index (χ0) is 12.4. The molecule has 17 heavy (non-hydrogen) atoms. The molecule has 1 N–H and O–H groups in total. The minimum Gasteiger partial charge on any atom is -0.480 e. The predicted octanol–water partition coefficient (Wildman–Crippen LogP) is 0.320. The van der Waals surface area contributed by atoms with Gasteiger partial charge < -0.3 is 14.9 Å². The fourth-order valence-corrected chi connectivity index (χ4v) is 2.38. The van der Waals surface area contributed by atoms with E-state index in [1.165, 1.54) is 4.90 Å². The van der Waals surface area contributed by atoms with Gasteiger partial charge in [0, 0.05) is 32.5 Å². The molecule has 2 fully saturated rings. The molecule has 0 radical (unpaired) electrons. The Balaban J connectivity index is 1.99. The topological polar surface area (TPSA) is 77.9 Å². The fraction of sp³-hybridized carbons (Fsp3) is 0.727. The number of rotatable bonds is 1. The number of carboxylic acid groups (broad SMARTS) is 1. The first kappa shape index (κ1) is 11.9. The van der Waals surface area contributed by atoms with Crippen LogP contribution in [0.15, 0.2) is 0 Å². The summed E-state index contributed by atoms with van der Waals surface area (Å²) in [6, 6.07) is -0.928. The molecule has 0 aromatic rings. The second kappa shape index (κ2) is 4.73. The van der Waals surface area contributed by atoms with E-state index in [4.69, 9.17) is 5.11 Å². The molecule has 2 saturated heterocycles. The van der Waals surface area contributed by atoms with Crippen LogP contribution in [-0.4, -0.2) is 58.4 Å². The quantitative estimate of drug-likeness (QED) is 0.716. The molecular weight excluding hydrogens is 224 g/mol. The van der Waals surface area contributed by atoms with Crippen molar-refractivity contribution in [3.63, 3.8) is 0 Å². The molecule has 2 amide bonds. The van der Waals surface area contributed by atoms with Crippen molar-refractivity contribution in [1.29, 1.82) is 0 Å². The lowest BCUT2D eigenvalue weighted by Gasteiger charge is -2.32. The first-order chi connectivity index (χ1) is 8.09. The average molecular weight is 240 g/mol. The van der Waals surface area contributed by atoms with Crippen LogP contribution >= 0.6 is 0 Å². The van der Waals surface area contributed by atoms with E-state index >= 15 is 0 Å². The standard InChI is InChI=1S/C11H16N2O4/c14-8-3-6-12(7-4-8)11(17)13-5-1-2-9(13)10(15)16/h9H,1-7H2,(H,15,16)/t9-/m0/s1. The normalized spacial score (nSPS) is 25.2. The maximum Gasteiger partial charge on any atom is 0.326 e. The molecule has 6 heteroatoms. The molecule has 2 aliphatic heterocycles. The highest BCUT2D eigenvalue weighted by molar-refractivity contribution is 5.85. The highest BCUT2D eigenvalue weighted by Gasteiger charge is 2.36. The first-order valence-corrected chi connectivity index (χ1v) is 5.89. The number of Topliss-reactive ketones (excluding diaryl/α,β-unsaturated/α-hetero) is 1. The molecule has 0 bridgehead atoms. The van der Waals surface area contributed by atoms with Gasteiger partial charge in [-0.1, -0.05) is 0 Å². The number of urea groups is 1. The SMILES string of the molecule is O=C1CCN(C(=O)N2CCC[C@H]2C(=O)O)CC1. The number of amides is 2. The van der Waals surface area contributed by atoms with E-state index in [0.717, 1.165) is 6.42 Å². The molecule has 2 aliphatic rings. The number of carbonyl (C=O) groups is 3. The van der Waals surface area contributed by atoms with Crippen LogP contribution in [0.5, 0.6) is 0 Å². The smallest absolute Gasteiger partial charge is 0.326 e. The summed E-state index contributed by atoms with van der Waals surface area (Å²) in [4.78, 5) is 37.2. The molecule has 0 aliphatic carbocycles. The van der Waals surface area contributed by atoms with Gasteiger partial charge in [0.2, 0.25) is 0 Å². The molecule has 94 valence electrons. The number of carbonyl (C=O) groups excluding carboxylic acids is 2. The van der Waals surface area contributed by atoms with Crippen LogP contribution in [0.4, 0.5) is 4.79 Å². The maximum atomic E-state index is 12.1. The Bertz CT molecular complexity index is 345. The van der Waals surface area contributed by atoms with Gasteiger partial charge in [-0.2, -0.15) is 0 Å². The van der Waals surface area contributed by atoms with Crippen molar-refractivity contribution in [2.24, 2.45) is 0 Å². The summed E-state index contributed by atoms with van der Waals surface area (Å²) in [6.45, 7) is 1.33. The van der Waals surface area contributed by atoms with Crippen molar-refractivity contribution < 1.29 is 19.5 Å². The fourth-order valence-electron chi connectivity index (χ4n) is 2.38. The molecular formula is C11H16N2O4. The van der Waals surface area contributed by atoms with E-state index < -0.39 is 12.0 Å². The third-order valence-electron chi connectivity index (χ3n) is 3.38. The van der Waals surface area contributed by atoms with E-state index in [-0.39, 0.29) is 11.8 Å². The highest BCUT2D eigenvalue weighted by atomic mass is 16.4. The van der Waals surface area contributed by atoms with Crippen LogP contribution in [0, 0.1) is 0 Å². The Kier molecular flexibility index (Phi) is 3.31. The van der Waals surface area contributed by atoms with Crippen molar-refractivity contribution in [3.8, 4) is 0 Å². The number of hydrogen-bond acceptors (Lipinski definition) is 3. The zero-order valence-corrected chi connectivity index (χ0v) is 9.59. The molecule has 6 nitrogen and oxygen atoms in total. The van der Waals surface area contributed by atoms with E-state index in [9.17, 15) is 14.4 Å². The van der Waals surface area contributed by atoms with Gasteiger partial charge in [0.15, 0.2) is 0 Å². The van der Waals surface area contributed by atoms with Gasteiger partial charge in [-0.3, -0.25) is 4.79 Å². The van der Waals surface area contributed by atoms with Gasteiger partial charge in [0.1, 0.15) is 11.8 Å². The third-order valence-corrected chi connectivity index (χ3v) is 3.38. The van der Waals surface area contributed by atoms with Gasteiger partial charge in [0.25, 0.3) is 0 Å². The number of hydrogen-bond donors (Lipinski definition) is 1. The first-order valence-electron chi connectivity index (χ1n) is 5.89. The van der Waals surface area contributed by atoms with E-state index in [2.05, 4.69) is 0 Å². The van der Waals surface area contributed by atoms with Gasteiger partial charge in [-0.25, -0.2) is 9.59 Å². The predicted molar refractivity (Wildman–Crippen MR) is 58.6 cm³/mol. The van der Waals surface area contributed by atoms with Crippen molar-refractivity contribution >= 4 is 17.8 Å². The summed E-state index contributed by atoms with van der Waals surface area (Å²) in [5.74, 6) is -0.769. The van der Waals surface area contributed by atoms with Crippen molar-refractivity contribution in [3.05, 3.63) is 0 Å². The molecule has 0 spiro atoms. The van der Waals surface area contributed by atoms with Crippen LogP contribution in [0.3, 0.4) is 0 Å². The molecule has 0 unspecified atom stereocenters. The summed E-state index contributed by atoms with van der Waals surface area (Å²) >= 11 is 0. The van der Waals surface area contributed by atoms with Crippen molar-refractivity contribution in [2.45, 2.75) is 31.7 Å². The summed E-state index contributed by atoms with van der Waals surface area (Å²) in [5, 5.41) is 9.01. The van der Waals surface area contributed by atoms with Gasteiger partial charge in [0.05, 0.1) is 0 Å². The minimum absolute atomic E-state index is 0.172. The number of likely N-dealkylation sites (tertiary alicyclic amines) is 2. The lowest BCUT2D eigenvalue weighted by atomic mass is 10.1. The molecule has 0 aromatic carbocycles. The van der Waals surface area contributed by atoms with E-state index in [1.54, 1.807) is 4.90 Å². The Morgan fingerprint density at radius 1 is 1.18 bits per heavy atom. The van der Waals surface area contributed by atoms with Gasteiger partial charge in [-0.05, 0) is 12.8 Å². The number of carboxylic acids is 1. The van der Waals surface area contributed by atoms with Crippen LogP contribution < -0.4 is 0 Å². The second-order valence-corrected chi connectivity index (χ2v) is 4.50. The average Bonchev–Trinajstić information content (AvgIpc) is 2.78. The van der Waals surface area contributed by atoms with Crippen LogP contribution in [0.2, 0.25) is 0 Å². The van der Waals surface area contributed by atoms with E-state index in [1.807, 2.05) is 0 Å². The maximum absolute atomic E-state index is 12.1. The number of aliphatic carboxylic acids is 1. The minimum atomic E-state index is -0.941. The Morgan fingerprint density at radius 3 is 2.41 bits per heavy atom. The molecule has 2 rings (SSSR count). The monoisotopic (exact) mass is 240 g/mol. The Labute approximate surface area is 99.2 Å². The van der Waals surface area contributed by atoms with Gasteiger partial charge >= 0.3 is 12.0 Å². The molecule has 1 atom stereocenters. The van der Waals surface area contributed by atoms with Gasteiger partial charge in [-0.15, -0.1) is 0 Å². The van der Waals surface area contributed by atoms with Crippen molar-refractivity contribution in [1.82, 2.24) is 9.80 Å². The number of piperidine rings is 1. The Morgan fingerprint density at radius 2 is 1.82 bits per heavy atom. The third kappa shape index (κ3) is 2.40. The lowest BCUT2D eigenvalue weighted by Crippen LogP contribution is -2.50. The lowest BCUT2D eigenvalue weighted by molar-refractivity contribution is -0.141. The van der Waals surface area contributed by atoms with Crippen LogP contribution in [0.1, 0.15) is 25.7 Å². The van der Waals surface area contributed by atoms with Crippen molar-refractivity contribution in [2.75, 3.05) is 19.6 Å². The molecule has 0 saturated carbocycles. The summed E-state index contributed by atoms with van der Waals surface area (Å²) < 4.78 is 0. The molecule has 0 aromatic heterocycles. The van der Waals surface area contributed by atoms with Crippen LogP contribution in [-0.2, 0) is 9.59 Å². The highest BCUT2D eigenvalue weighted by Crippen LogP contribution is 2.20. The summed E-state index contributed by atoms with van der Waals surface area (Å²) in [6.07, 6.45) is 2.03. The van der Waals surface area contributed by atoms with E-state index in [0.29, 0.717) is 38.9 Å². The zero-order valence-electron chi connectivity index (χ0n) is 9.59. The summed E-state index contributed by atoms with van der Waals surface area (Å²) in [5.41, 5.74) is 0. The Hall–Kier alpha value is -1.59. The second-order valence-electron chi connectivity index (χ2n) is 4.50. The van der Waals surface area contributed by atoms with Crippen LogP contribution in [0.25, 0.3) is 0 Å². The molecule has 2 heterocycles. The summed E-state index contributed by atoms with van der Waals surface area (Å²) in [7, 11) is 0. The number of nitrogens with zero attached hydrogens (tertiary/aromatic N) is 2. The largest absolute Gasteiger partial charge is 0.480 e.